The molecule has 1 aromatic rings. The third-order valence-electron chi connectivity index (χ3n) is 1.55. The number of hydrogen-bond acceptors (Lipinski definition) is 1. The van der Waals surface area contributed by atoms with E-state index in [4.69, 9.17) is 0 Å². The molecule has 0 N–H and O–H groups in total. The van der Waals surface area contributed by atoms with Gasteiger partial charge < -0.3 is 4.74 Å². The van der Waals surface area contributed by atoms with Gasteiger partial charge in [-0.2, -0.15) is 8.78 Å². The van der Waals surface area contributed by atoms with Crippen LogP contribution in [0.1, 0.15) is 5.56 Å². The molecule has 70 valence electrons. The number of alkyl halides is 2. The maximum Gasteiger partial charge on any atom is 0.387 e. The van der Waals surface area contributed by atoms with E-state index in [9.17, 15) is 8.78 Å². The summed E-state index contributed by atoms with van der Waals surface area (Å²) in [6.07, 6.45) is 2.18. The molecule has 0 aliphatic carbocycles. The molecule has 0 aliphatic rings. The van der Waals surface area contributed by atoms with Crippen molar-refractivity contribution in [2.24, 2.45) is 0 Å². The molecule has 0 saturated carbocycles. The van der Waals surface area contributed by atoms with Crippen LogP contribution in [0.3, 0.4) is 0 Å². The van der Waals surface area contributed by atoms with Gasteiger partial charge in [0.2, 0.25) is 0 Å². The Bertz CT molecular complexity index is 284. The maximum atomic E-state index is 11.9. The first-order chi connectivity index (χ1) is 6.24. The van der Waals surface area contributed by atoms with Gasteiger partial charge in [0.15, 0.2) is 0 Å². The van der Waals surface area contributed by atoms with Gasteiger partial charge in [-0.05, 0) is 18.1 Å². The highest BCUT2D eigenvalue weighted by molar-refractivity contribution is 5.34. The van der Waals surface area contributed by atoms with Crippen LogP contribution in [-0.2, 0) is 6.42 Å². The van der Waals surface area contributed by atoms with Gasteiger partial charge in [-0.1, -0.05) is 24.3 Å². The van der Waals surface area contributed by atoms with E-state index in [0.717, 1.165) is 5.56 Å². The highest BCUT2D eigenvalue weighted by atomic mass is 19.3. The van der Waals surface area contributed by atoms with Gasteiger partial charge in [0.05, 0.1) is 0 Å². The number of benzene rings is 1. The Labute approximate surface area is 75.6 Å². The zero-order chi connectivity index (χ0) is 9.68. The second-order valence-electron chi connectivity index (χ2n) is 2.48. The summed E-state index contributed by atoms with van der Waals surface area (Å²) in [7, 11) is 0. The van der Waals surface area contributed by atoms with Crippen LogP contribution in [0.5, 0.6) is 5.75 Å². The quantitative estimate of drug-likeness (QED) is 0.653. The van der Waals surface area contributed by atoms with Crippen molar-refractivity contribution in [3.63, 3.8) is 0 Å². The molecule has 0 spiro atoms. The molecule has 1 nitrogen and oxygen atoms in total. The second-order valence-corrected chi connectivity index (χ2v) is 2.48. The lowest BCUT2D eigenvalue weighted by atomic mass is 10.1. The van der Waals surface area contributed by atoms with Crippen molar-refractivity contribution in [3.05, 3.63) is 42.5 Å². The van der Waals surface area contributed by atoms with Crippen molar-refractivity contribution < 1.29 is 13.5 Å². The lowest BCUT2D eigenvalue weighted by Crippen LogP contribution is -2.03. The molecule has 0 heterocycles. The fourth-order valence-corrected chi connectivity index (χ4v) is 1.04. The molecule has 0 aliphatic heterocycles. The van der Waals surface area contributed by atoms with E-state index < -0.39 is 6.61 Å². The van der Waals surface area contributed by atoms with E-state index >= 15 is 0 Å². The largest absolute Gasteiger partial charge is 0.435 e. The Morgan fingerprint density at radius 2 is 2.08 bits per heavy atom. The zero-order valence-electron chi connectivity index (χ0n) is 7.04. The first kappa shape index (κ1) is 9.71. The summed E-state index contributed by atoms with van der Waals surface area (Å²) in [6.45, 7) is 0.761. The summed E-state index contributed by atoms with van der Waals surface area (Å²) in [5.41, 5.74) is 0.720. The Morgan fingerprint density at radius 1 is 1.38 bits per heavy atom. The number of halogens is 2. The lowest BCUT2D eigenvalue weighted by Gasteiger charge is -2.08. The van der Waals surface area contributed by atoms with Crippen molar-refractivity contribution in [1.29, 1.82) is 0 Å². The zero-order valence-corrected chi connectivity index (χ0v) is 7.04. The van der Waals surface area contributed by atoms with E-state index in [1.807, 2.05) is 0 Å². The molecule has 0 saturated heterocycles. The molecule has 1 rings (SSSR count). The fraction of sp³-hybridized carbons (Fsp3) is 0.200. The number of rotatable bonds is 4. The summed E-state index contributed by atoms with van der Waals surface area (Å²) in [4.78, 5) is 0. The molecule has 1 aromatic carbocycles. The molecular formula is C10H10F2O. The smallest absolute Gasteiger partial charge is 0.387 e. The number of allylic oxidation sites excluding steroid dienone is 1. The van der Waals surface area contributed by atoms with Crippen LogP contribution in [0, 0.1) is 0 Å². The van der Waals surface area contributed by atoms with Gasteiger partial charge in [0.1, 0.15) is 5.75 Å². The minimum Gasteiger partial charge on any atom is -0.435 e. The van der Waals surface area contributed by atoms with Crippen molar-refractivity contribution in [3.8, 4) is 5.75 Å². The van der Waals surface area contributed by atoms with E-state index in [2.05, 4.69) is 11.3 Å². The molecule has 0 radical (unpaired) electrons. The first-order valence-corrected chi connectivity index (χ1v) is 3.87. The van der Waals surface area contributed by atoms with Crippen LogP contribution in [0.25, 0.3) is 0 Å². The molecular weight excluding hydrogens is 174 g/mol. The highest BCUT2D eigenvalue weighted by Gasteiger charge is 2.07. The standard InChI is InChI=1S/C10H10F2O/c1-2-5-8-6-3-4-7-9(8)13-10(11)12/h2-4,6-7,10H,1,5H2. The predicted octanol–water partition coefficient (Wildman–Crippen LogP) is 3.02. The van der Waals surface area contributed by atoms with E-state index in [0.29, 0.717) is 6.42 Å². The molecule has 3 heteroatoms. The van der Waals surface area contributed by atoms with Crippen molar-refractivity contribution >= 4 is 0 Å². The third kappa shape index (κ3) is 2.86. The van der Waals surface area contributed by atoms with Gasteiger partial charge in [0, 0.05) is 0 Å². The van der Waals surface area contributed by atoms with Crippen molar-refractivity contribution in [1.82, 2.24) is 0 Å². The average Bonchev–Trinajstić information content (AvgIpc) is 2.08. The molecule has 0 atom stereocenters. The minimum atomic E-state index is -2.77. The molecule has 0 bridgehead atoms. The maximum absolute atomic E-state index is 11.9. The van der Waals surface area contributed by atoms with Crippen molar-refractivity contribution in [2.75, 3.05) is 0 Å². The summed E-state index contributed by atoms with van der Waals surface area (Å²) >= 11 is 0. The Balaban J connectivity index is 2.83. The van der Waals surface area contributed by atoms with Crippen molar-refractivity contribution in [2.45, 2.75) is 13.0 Å². The SMILES string of the molecule is C=CCc1ccccc1OC(F)F. The molecule has 0 fully saturated rings. The van der Waals surface area contributed by atoms with Crippen LogP contribution in [0.4, 0.5) is 8.78 Å². The Hall–Kier alpha value is -1.38. The Morgan fingerprint density at radius 3 is 2.69 bits per heavy atom. The topological polar surface area (TPSA) is 9.23 Å². The second kappa shape index (κ2) is 4.60. The summed E-state index contributed by atoms with van der Waals surface area (Å²) < 4.78 is 28.1. The summed E-state index contributed by atoms with van der Waals surface area (Å²) in [5.74, 6) is 0.220. The van der Waals surface area contributed by atoms with E-state index in [1.165, 1.54) is 6.07 Å². The molecule has 13 heavy (non-hydrogen) atoms. The van der Waals surface area contributed by atoms with E-state index in [-0.39, 0.29) is 5.75 Å². The van der Waals surface area contributed by atoms with Gasteiger partial charge in [-0.25, -0.2) is 0 Å². The average molecular weight is 184 g/mol. The first-order valence-electron chi connectivity index (χ1n) is 3.87. The van der Waals surface area contributed by atoms with E-state index in [1.54, 1.807) is 24.3 Å². The van der Waals surface area contributed by atoms with Gasteiger partial charge in [0.25, 0.3) is 0 Å². The van der Waals surface area contributed by atoms with Crippen LogP contribution in [0.2, 0.25) is 0 Å². The fourth-order valence-electron chi connectivity index (χ4n) is 1.04. The Kier molecular flexibility index (Phi) is 3.43. The normalized spacial score (nSPS) is 10.1. The third-order valence-corrected chi connectivity index (χ3v) is 1.55. The number of hydrogen-bond donors (Lipinski definition) is 0. The summed E-state index contributed by atoms with van der Waals surface area (Å²) in [5, 5.41) is 0. The minimum absolute atomic E-state index is 0.220. The number of para-hydroxylation sites is 1. The van der Waals surface area contributed by atoms with Crippen LogP contribution in [0.15, 0.2) is 36.9 Å². The summed E-state index contributed by atoms with van der Waals surface area (Å²) in [6, 6.07) is 6.69. The number of ether oxygens (including phenoxy) is 1. The predicted molar refractivity (Wildman–Crippen MR) is 47.0 cm³/mol. The van der Waals surface area contributed by atoms with Crippen LogP contribution < -0.4 is 4.74 Å². The van der Waals surface area contributed by atoms with Crippen LogP contribution in [-0.4, -0.2) is 6.61 Å². The monoisotopic (exact) mass is 184 g/mol. The van der Waals surface area contributed by atoms with Gasteiger partial charge in [-0.15, -0.1) is 6.58 Å². The van der Waals surface area contributed by atoms with Gasteiger partial charge >= 0.3 is 6.61 Å². The lowest BCUT2D eigenvalue weighted by molar-refractivity contribution is -0.0503. The highest BCUT2D eigenvalue weighted by Crippen LogP contribution is 2.20. The molecule has 0 amide bonds. The van der Waals surface area contributed by atoms with Gasteiger partial charge in [-0.3, -0.25) is 0 Å². The molecule has 0 unspecified atom stereocenters. The van der Waals surface area contributed by atoms with Crippen LogP contribution >= 0.6 is 0 Å². The molecule has 0 aromatic heterocycles.